The van der Waals surface area contributed by atoms with Gasteiger partial charge in [-0.3, -0.25) is 9.59 Å². The van der Waals surface area contributed by atoms with Crippen LogP contribution in [0.5, 0.6) is 0 Å². The third-order valence-electron chi connectivity index (χ3n) is 1.32. The van der Waals surface area contributed by atoms with Crippen molar-refractivity contribution < 1.29 is 14.4 Å². The Balaban J connectivity index is 3.01. The Labute approximate surface area is 61.6 Å². The second kappa shape index (κ2) is 2.61. The lowest BCUT2D eigenvalue weighted by atomic mass is 10.2. The summed E-state index contributed by atoms with van der Waals surface area (Å²) in [5.41, 5.74) is -0.289. The highest BCUT2D eigenvalue weighted by Crippen LogP contribution is 2.00. The molecule has 1 heterocycles. The quantitative estimate of drug-likeness (QED) is 0.628. The zero-order valence-electron chi connectivity index (χ0n) is 5.88. The first-order valence-electron chi connectivity index (χ1n) is 3.00. The Morgan fingerprint density at radius 3 is 2.73 bits per heavy atom. The second-order valence-electron chi connectivity index (χ2n) is 2.14. The number of hydrogen-bond donors (Lipinski definition) is 2. The fraction of sp³-hybridized carbons (Fsp3) is 0.333. The normalized spacial score (nSPS) is 9.91. The maximum atomic E-state index is 10.8. The van der Waals surface area contributed by atoms with Crippen LogP contribution in [0.2, 0.25) is 0 Å². The number of carbonyl (C=O) groups is 1. The Kier molecular flexibility index (Phi) is 1.80. The fourth-order valence-corrected chi connectivity index (χ4v) is 0.762. The van der Waals surface area contributed by atoms with E-state index < -0.39 is 11.5 Å². The van der Waals surface area contributed by atoms with Crippen molar-refractivity contribution in [3.63, 3.8) is 0 Å². The fourth-order valence-electron chi connectivity index (χ4n) is 0.762. The Morgan fingerprint density at radius 1 is 1.73 bits per heavy atom. The molecule has 0 saturated heterocycles. The molecule has 0 aliphatic rings. The zero-order valence-corrected chi connectivity index (χ0v) is 5.88. The van der Waals surface area contributed by atoms with Gasteiger partial charge in [-0.1, -0.05) is 0 Å². The Hall–Kier alpha value is -1.52. The molecular formula is C6H7NO4. The van der Waals surface area contributed by atoms with E-state index in [2.05, 4.69) is 4.52 Å². The monoisotopic (exact) mass is 157 g/mol. The van der Waals surface area contributed by atoms with Crippen LogP contribution in [-0.2, 0) is 11.2 Å². The van der Waals surface area contributed by atoms with E-state index in [1.807, 2.05) is 5.16 Å². The van der Waals surface area contributed by atoms with E-state index in [9.17, 15) is 9.59 Å². The van der Waals surface area contributed by atoms with Gasteiger partial charge in [0.25, 0.3) is 5.56 Å². The highest BCUT2D eigenvalue weighted by atomic mass is 16.5. The molecule has 11 heavy (non-hydrogen) atoms. The van der Waals surface area contributed by atoms with Gasteiger partial charge in [0.1, 0.15) is 5.76 Å². The van der Waals surface area contributed by atoms with E-state index in [1.54, 1.807) is 0 Å². The minimum Gasteiger partial charge on any atom is -0.481 e. The number of rotatable bonds is 2. The molecule has 0 aromatic carbocycles. The molecule has 0 fully saturated rings. The topological polar surface area (TPSA) is 83.3 Å². The molecule has 5 heteroatoms. The molecule has 0 atom stereocenters. The predicted molar refractivity (Wildman–Crippen MR) is 35.4 cm³/mol. The molecule has 0 unspecified atom stereocenters. The number of aromatic amines is 1. The van der Waals surface area contributed by atoms with E-state index in [0.29, 0.717) is 5.76 Å². The number of aryl methyl sites for hydroxylation is 1. The van der Waals surface area contributed by atoms with Crippen LogP contribution >= 0.6 is 0 Å². The van der Waals surface area contributed by atoms with Gasteiger partial charge in [-0.15, -0.1) is 0 Å². The number of carboxylic acid groups (broad SMARTS) is 1. The number of aliphatic carboxylic acids is 1. The molecular weight excluding hydrogens is 150 g/mol. The first kappa shape index (κ1) is 7.59. The molecule has 1 aromatic rings. The van der Waals surface area contributed by atoms with Gasteiger partial charge < -0.3 is 9.63 Å². The van der Waals surface area contributed by atoms with E-state index in [4.69, 9.17) is 5.11 Å². The van der Waals surface area contributed by atoms with E-state index in [1.165, 1.54) is 6.92 Å². The number of hydrogen-bond acceptors (Lipinski definition) is 3. The number of carboxylic acids is 1. The summed E-state index contributed by atoms with van der Waals surface area (Å²) >= 11 is 0. The highest BCUT2D eigenvalue weighted by Gasteiger charge is 2.11. The first-order chi connectivity index (χ1) is 5.11. The summed E-state index contributed by atoms with van der Waals surface area (Å²) in [6, 6.07) is 0. The van der Waals surface area contributed by atoms with Crippen LogP contribution in [0.4, 0.5) is 0 Å². The van der Waals surface area contributed by atoms with Gasteiger partial charge in [0, 0.05) is 0 Å². The first-order valence-corrected chi connectivity index (χ1v) is 3.00. The number of aromatic nitrogens is 1. The van der Waals surface area contributed by atoms with Crippen molar-refractivity contribution in [1.29, 1.82) is 0 Å². The van der Waals surface area contributed by atoms with Crippen molar-refractivity contribution in [3.8, 4) is 0 Å². The minimum absolute atomic E-state index is 0.178. The maximum absolute atomic E-state index is 10.8. The lowest BCUT2D eigenvalue weighted by Crippen LogP contribution is -2.11. The largest absolute Gasteiger partial charge is 0.481 e. The Morgan fingerprint density at radius 2 is 2.36 bits per heavy atom. The standard InChI is InChI=1S/C6H7NO4/c1-3-4(2-5(8)9)6(10)7-11-3/h2H2,1H3,(H,7,10)(H,8,9). The lowest BCUT2D eigenvalue weighted by Gasteiger charge is -1.87. The SMILES string of the molecule is Cc1o[nH]c(=O)c1CC(=O)O. The minimum atomic E-state index is -1.04. The van der Waals surface area contributed by atoms with Crippen LogP contribution < -0.4 is 5.56 Å². The van der Waals surface area contributed by atoms with E-state index in [-0.39, 0.29) is 12.0 Å². The average molecular weight is 157 g/mol. The van der Waals surface area contributed by atoms with E-state index >= 15 is 0 Å². The third-order valence-corrected chi connectivity index (χ3v) is 1.32. The van der Waals surface area contributed by atoms with Gasteiger partial charge in [-0.2, -0.15) is 5.16 Å². The molecule has 0 amide bonds. The number of nitrogens with one attached hydrogen (secondary N) is 1. The molecule has 0 saturated carbocycles. The highest BCUT2D eigenvalue weighted by molar-refractivity contribution is 5.70. The summed E-state index contributed by atoms with van der Waals surface area (Å²) in [6.07, 6.45) is -0.294. The molecule has 0 spiro atoms. The van der Waals surface area contributed by atoms with Gasteiger partial charge in [0.05, 0.1) is 12.0 Å². The van der Waals surface area contributed by atoms with Gasteiger partial charge in [0.2, 0.25) is 0 Å². The molecule has 5 nitrogen and oxygen atoms in total. The third kappa shape index (κ3) is 1.49. The van der Waals surface area contributed by atoms with Crippen LogP contribution in [0.3, 0.4) is 0 Å². The molecule has 0 aliphatic heterocycles. The molecule has 2 N–H and O–H groups in total. The van der Waals surface area contributed by atoms with Crippen molar-refractivity contribution in [2.75, 3.05) is 0 Å². The predicted octanol–water partition coefficient (Wildman–Crippen LogP) is -0.0966. The number of H-pyrrole nitrogens is 1. The van der Waals surface area contributed by atoms with Crippen molar-refractivity contribution in [1.82, 2.24) is 5.16 Å². The molecule has 1 aromatic heterocycles. The summed E-state index contributed by atoms with van der Waals surface area (Å²) in [5.74, 6) is -0.711. The average Bonchev–Trinajstić information content (AvgIpc) is 2.18. The molecule has 0 aliphatic carbocycles. The van der Waals surface area contributed by atoms with Crippen LogP contribution in [0.25, 0.3) is 0 Å². The van der Waals surface area contributed by atoms with Crippen molar-refractivity contribution in [2.24, 2.45) is 0 Å². The summed E-state index contributed by atoms with van der Waals surface area (Å²) in [6.45, 7) is 1.54. The second-order valence-corrected chi connectivity index (χ2v) is 2.14. The smallest absolute Gasteiger partial charge is 0.308 e. The molecule has 60 valence electrons. The molecule has 0 radical (unpaired) electrons. The summed E-state index contributed by atoms with van der Waals surface area (Å²) in [7, 11) is 0. The van der Waals surface area contributed by atoms with Gasteiger partial charge >= 0.3 is 5.97 Å². The summed E-state index contributed by atoms with van der Waals surface area (Å²) in [5, 5.41) is 10.4. The molecule has 1 rings (SSSR count). The van der Waals surface area contributed by atoms with Gasteiger partial charge in [-0.25, -0.2) is 0 Å². The van der Waals surface area contributed by atoms with Crippen LogP contribution in [0, 0.1) is 6.92 Å². The lowest BCUT2D eigenvalue weighted by molar-refractivity contribution is -0.136. The Bertz CT molecular complexity index is 322. The van der Waals surface area contributed by atoms with E-state index in [0.717, 1.165) is 0 Å². The molecule has 0 bridgehead atoms. The van der Waals surface area contributed by atoms with Gasteiger partial charge in [0.15, 0.2) is 0 Å². The summed E-state index contributed by atoms with van der Waals surface area (Å²) < 4.78 is 4.60. The van der Waals surface area contributed by atoms with Gasteiger partial charge in [-0.05, 0) is 6.92 Å². The maximum Gasteiger partial charge on any atom is 0.308 e. The van der Waals surface area contributed by atoms with Crippen LogP contribution in [-0.4, -0.2) is 16.2 Å². The van der Waals surface area contributed by atoms with Crippen molar-refractivity contribution in [2.45, 2.75) is 13.3 Å². The van der Waals surface area contributed by atoms with Crippen LogP contribution in [0.15, 0.2) is 9.32 Å². The zero-order chi connectivity index (χ0) is 8.43. The summed E-state index contributed by atoms with van der Waals surface area (Å²) in [4.78, 5) is 20.9. The van der Waals surface area contributed by atoms with Crippen LogP contribution in [0.1, 0.15) is 11.3 Å². The van der Waals surface area contributed by atoms with Crippen molar-refractivity contribution >= 4 is 5.97 Å². The van der Waals surface area contributed by atoms with Crippen molar-refractivity contribution in [3.05, 3.63) is 21.7 Å².